The van der Waals surface area contributed by atoms with Gasteiger partial charge >= 0.3 is 0 Å². The van der Waals surface area contributed by atoms with E-state index in [1.165, 1.54) is 13.4 Å². The Morgan fingerprint density at radius 2 is 1.93 bits per heavy atom. The van der Waals surface area contributed by atoms with Gasteiger partial charge < -0.3 is 39.4 Å². The van der Waals surface area contributed by atoms with Crippen molar-refractivity contribution in [1.82, 2.24) is 10.2 Å². The van der Waals surface area contributed by atoms with E-state index in [9.17, 15) is 24.9 Å². The highest BCUT2D eigenvalue weighted by atomic mass is 16.5. The molecule has 1 aliphatic heterocycles. The third kappa shape index (κ3) is 6.35. The molecule has 4 rings (SSSR count). The van der Waals surface area contributed by atoms with E-state index in [1.807, 2.05) is 0 Å². The van der Waals surface area contributed by atoms with Crippen LogP contribution in [-0.4, -0.2) is 70.5 Å². The van der Waals surface area contributed by atoms with E-state index in [0.717, 1.165) is 37.7 Å². The lowest BCUT2D eigenvalue weighted by Gasteiger charge is -2.40. The quantitative estimate of drug-likeness (QED) is 0.260. The van der Waals surface area contributed by atoms with Gasteiger partial charge in [0.2, 0.25) is 11.8 Å². The van der Waals surface area contributed by atoms with E-state index in [0.29, 0.717) is 34.6 Å². The molecule has 0 fully saturated rings. The zero-order valence-electron chi connectivity index (χ0n) is 23.2. The summed E-state index contributed by atoms with van der Waals surface area (Å²) in [5.74, 6) is -0.462. The number of aliphatic hydroxyl groups excluding tert-OH is 3. The van der Waals surface area contributed by atoms with Crippen LogP contribution in [0.4, 0.5) is 0 Å². The lowest BCUT2D eigenvalue weighted by molar-refractivity contribution is -0.138. The van der Waals surface area contributed by atoms with Crippen LogP contribution in [0.3, 0.4) is 0 Å². The third-order valence-corrected chi connectivity index (χ3v) is 7.60. The molecule has 218 valence electrons. The zero-order chi connectivity index (χ0) is 28.6. The van der Waals surface area contributed by atoms with Gasteiger partial charge in [0, 0.05) is 36.2 Å². The molecule has 10 heteroatoms. The molecule has 2 amide bonds. The van der Waals surface area contributed by atoms with Crippen molar-refractivity contribution in [2.24, 2.45) is 0 Å². The number of fused-ring (bicyclic) bond motifs is 3. The number of rotatable bonds is 14. The van der Waals surface area contributed by atoms with Crippen LogP contribution in [0.5, 0.6) is 11.5 Å². The average Bonchev–Trinajstić information content (AvgIpc) is 3.62. The second-order valence-corrected chi connectivity index (χ2v) is 10.3. The molecule has 2 aromatic rings. The van der Waals surface area contributed by atoms with Crippen LogP contribution < -0.4 is 14.8 Å². The van der Waals surface area contributed by atoms with E-state index in [-0.39, 0.29) is 32.2 Å². The Hall–Kier alpha value is -3.34. The number of nitrogens with zero attached hydrogens (tertiary/aromatic N) is 1. The number of hydrogen-bond donors (Lipinski definition) is 4. The van der Waals surface area contributed by atoms with Gasteiger partial charge in [-0.1, -0.05) is 32.6 Å². The zero-order valence-corrected chi connectivity index (χ0v) is 23.2. The lowest BCUT2D eigenvalue weighted by atomic mass is 9.77. The number of amides is 2. The fraction of sp³-hybridized carbons (Fsp3) is 0.533. The van der Waals surface area contributed by atoms with Crippen molar-refractivity contribution < 1.29 is 38.8 Å². The first kappa shape index (κ1) is 29.6. The second kappa shape index (κ2) is 13.8. The van der Waals surface area contributed by atoms with Gasteiger partial charge in [-0.25, -0.2) is 0 Å². The predicted octanol–water partition coefficient (Wildman–Crippen LogP) is 2.79. The van der Waals surface area contributed by atoms with Crippen LogP contribution in [0.1, 0.15) is 68.1 Å². The van der Waals surface area contributed by atoms with Gasteiger partial charge in [0.25, 0.3) is 0 Å². The highest BCUT2D eigenvalue weighted by Crippen LogP contribution is 2.51. The highest BCUT2D eigenvalue weighted by Gasteiger charge is 2.51. The van der Waals surface area contributed by atoms with Crippen LogP contribution in [0.25, 0.3) is 0 Å². The molecule has 0 radical (unpaired) electrons. The van der Waals surface area contributed by atoms with Crippen molar-refractivity contribution >= 4 is 11.8 Å². The number of unbranched alkanes of at least 4 members (excludes halogenated alkanes) is 4. The normalized spacial score (nSPS) is 21.2. The van der Waals surface area contributed by atoms with Crippen LogP contribution in [0.15, 0.2) is 46.8 Å². The van der Waals surface area contributed by atoms with Crippen molar-refractivity contribution in [3.63, 3.8) is 0 Å². The maximum Gasteiger partial charge on any atom is 0.247 e. The molecule has 0 saturated carbocycles. The number of ether oxygens (including phenoxy) is 2. The topological polar surface area (TPSA) is 142 Å². The standard InChI is InChI=1S/C30H40N2O8/c1-3-4-5-6-7-8-25(35)32(16-19-9-12-39-18-19)23-15-22(30(37)31-10-11-33)26-21-13-20(17-34)14-24(38-2)28(21)40-29(26)27(23)36/h9,12-15,18,23,26-27,29,33-34,36H,3-8,10-11,16-17H2,1-2H3,(H,31,37)/t23-,26+,27+,29+/m1/s1. The summed E-state index contributed by atoms with van der Waals surface area (Å²) in [5.41, 5.74) is 2.27. The van der Waals surface area contributed by atoms with E-state index >= 15 is 0 Å². The Bertz CT molecular complexity index is 1180. The van der Waals surface area contributed by atoms with Crippen molar-refractivity contribution in [2.45, 2.75) is 82.8 Å². The molecule has 2 aliphatic rings. The Morgan fingerprint density at radius 3 is 2.60 bits per heavy atom. The molecule has 0 saturated heterocycles. The van der Waals surface area contributed by atoms with Gasteiger partial charge in [0.1, 0.15) is 12.2 Å². The number of carbonyl (C=O) groups excluding carboxylic acids is 2. The van der Waals surface area contributed by atoms with Gasteiger partial charge in [-0.05, 0) is 36.3 Å². The van der Waals surface area contributed by atoms with Gasteiger partial charge in [0.15, 0.2) is 11.5 Å². The van der Waals surface area contributed by atoms with Crippen molar-refractivity contribution in [2.75, 3.05) is 20.3 Å². The second-order valence-electron chi connectivity index (χ2n) is 10.3. The summed E-state index contributed by atoms with van der Waals surface area (Å²) in [6, 6.07) is 4.31. The number of methoxy groups -OCH3 is 1. The molecule has 10 nitrogen and oxygen atoms in total. The van der Waals surface area contributed by atoms with Crippen LogP contribution in [0.2, 0.25) is 0 Å². The van der Waals surface area contributed by atoms with E-state index in [2.05, 4.69) is 12.2 Å². The summed E-state index contributed by atoms with van der Waals surface area (Å²) in [5, 5.41) is 33.6. The summed E-state index contributed by atoms with van der Waals surface area (Å²) in [6.45, 7) is 1.89. The Morgan fingerprint density at radius 1 is 1.12 bits per heavy atom. The molecule has 0 bridgehead atoms. The SMILES string of the molecule is CCCCCCCC(=O)N(Cc1ccoc1)[C@@H]1C=C(C(=O)NCCO)[C@@H]2c3cc(CO)cc(OC)c3O[C@@H]2[C@H]1O. The third-order valence-electron chi connectivity index (χ3n) is 7.60. The Labute approximate surface area is 234 Å². The lowest BCUT2D eigenvalue weighted by Crippen LogP contribution is -2.55. The summed E-state index contributed by atoms with van der Waals surface area (Å²) >= 11 is 0. The Kier molecular flexibility index (Phi) is 10.2. The molecular weight excluding hydrogens is 516 g/mol. The van der Waals surface area contributed by atoms with Crippen molar-refractivity contribution in [1.29, 1.82) is 0 Å². The van der Waals surface area contributed by atoms with E-state index < -0.39 is 30.1 Å². The molecule has 1 aromatic carbocycles. The summed E-state index contributed by atoms with van der Waals surface area (Å²) in [6.07, 6.45) is 7.94. The minimum Gasteiger partial charge on any atom is -0.493 e. The van der Waals surface area contributed by atoms with Crippen molar-refractivity contribution in [3.05, 3.63) is 59.1 Å². The monoisotopic (exact) mass is 556 g/mol. The molecule has 0 unspecified atom stereocenters. The molecular formula is C30H40N2O8. The summed E-state index contributed by atoms with van der Waals surface area (Å²) in [4.78, 5) is 28.6. The first-order valence-electron chi connectivity index (χ1n) is 14.0. The van der Waals surface area contributed by atoms with Crippen molar-refractivity contribution in [3.8, 4) is 11.5 Å². The minimum atomic E-state index is -1.16. The average molecular weight is 557 g/mol. The van der Waals surface area contributed by atoms with Gasteiger partial charge in [-0.2, -0.15) is 0 Å². The van der Waals surface area contributed by atoms with Crippen LogP contribution >= 0.6 is 0 Å². The molecule has 1 aliphatic carbocycles. The highest BCUT2D eigenvalue weighted by molar-refractivity contribution is 5.96. The number of furan rings is 1. The van der Waals surface area contributed by atoms with Gasteiger partial charge in [-0.15, -0.1) is 0 Å². The number of nitrogens with one attached hydrogen (secondary N) is 1. The summed E-state index contributed by atoms with van der Waals surface area (Å²) < 4.78 is 17.0. The number of aliphatic hydroxyl groups is 3. The first-order valence-corrected chi connectivity index (χ1v) is 14.0. The predicted molar refractivity (Wildman–Crippen MR) is 147 cm³/mol. The van der Waals surface area contributed by atoms with Crippen LogP contribution in [0, 0.1) is 0 Å². The van der Waals surface area contributed by atoms with E-state index in [1.54, 1.807) is 35.4 Å². The van der Waals surface area contributed by atoms with Crippen LogP contribution in [-0.2, 0) is 22.7 Å². The smallest absolute Gasteiger partial charge is 0.247 e. The Balaban J connectivity index is 1.72. The molecule has 2 heterocycles. The largest absolute Gasteiger partial charge is 0.493 e. The minimum absolute atomic E-state index is 0.0456. The molecule has 0 spiro atoms. The molecule has 4 N–H and O–H groups in total. The maximum absolute atomic E-state index is 13.6. The summed E-state index contributed by atoms with van der Waals surface area (Å²) in [7, 11) is 1.48. The number of carbonyl (C=O) groups is 2. The number of benzene rings is 1. The fourth-order valence-electron chi connectivity index (χ4n) is 5.58. The number of hydrogen-bond acceptors (Lipinski definition) is 8. The van der Waals surface area contributed by atoms with E-state index in [4.69, 9.17) is 13.9 Å². The molecule has 1 aromatic heterocycles. The fourth-order valence-corrected chi connectivity index (χ4v) is 5.58. The maximum atomic E-state index is 13.6. The molecule has 4 atom stereocenters. The van der Waals surface area contributed by atoms with Gasteiger partial charge in [0.05, 0.1) is 44.8 Å². The molecule has 40 heavy (non-hydrogen) atoms. The first-order chi connectivity index (χ1) is 19.4. The van der Waals surface area contributed by atoms with Gasteiger partial charge in [-0.3, -0.25) is 9.59 Å².